The summed E-state index contributed by atoms with van der Waals surface area (Å²) in [7, 11) is -1.89. The zero-order valence-electron chi connectivity index (χ0n) is 14.7. The van der Waals surface area contributed by atoms with Gasteiger partial charge in [-0.3, -0.25) is 4.79 Å². The molecule has 0 N–H and O–H groups in total. The van der Waals surface area contributed by atoms with Crippen LogP contribution in [0.15, 0.2) is 40.0 Å². The summed E-state index contributed by atoms with van der Waals surface area (Å²) < 4.78 is 29.6. The molecule has 0 radical (unpaired) electrons. The summed E-state index contributed by atoms with van der Waals surface area (Å²) in [5, 5.41) is 0.0595. The van der Waals surface area contributed by atoms with E-state index in [2.05, 4.69) is 20.9 Å². The van der Waals surface area contributed by atoms with Crippen molar-refractivity contribution in [3.8, 4) is 0 Å². The van der Waals surface area contributed by atoms with Gasteiger partial charge in [0.25, 0.3) is 15.9 Å². The summed E-state index contributed by atoms with van der Waals surface area (Å²) in [6, 6.07) is 7.22. The number of amides is 1. The fourth-order valence-electron chi connectivity index (χ4n) is 2.92. The summed E-state index contributed by atoms with van der Waals surface area (Å²) >= 11 is 3.37. The molecule has 1 aliphatic heterocycles. The quantitative estimate of drug-likeness (QED) is 0.731. The zero-order valence-corrected chi connectivity index (χ0v) is 17.1. The van der Waals surface area contributed by atoms with Gasteiger partial charge >= 0.3 is 0 Å². The summed E-state index contributed by atoms with van der Waals surface area (Å²) in [6.45, 7) is 3.28. The Morgan fingerprint density at radius 3 is 2.62 bits per heavy atom. The predicted molar refractivity (Wildman–Crippen MR) is 101 cm³/mol. The van der Waals surface area contributed by atoms with Crippen molar-refractivity contribution in [1.29, 1.82) is 0 Å². The van der Waals surface area contributed by atoms with Crippen LogP contribution in [0.5, 0.6) is 0 Å². The number of carbonyl (C=O) groups excluding carboxylic acids is 1. The molecule has 2 aromatic rings. The maximum absolute atomic E-state index is 12.8. The van der Waals surface area contributed by atoms with E-state index in [4.69, 9.17) is 0 Å². The van der Waals surface area contributed by atoms with E-state index in [0.717, 1.165) is 4.47 Å². The standard InChI is InChI=1S/C17H21BrN4O3S/c1-13-19-16(12-20(13)2)26(24,25)22-8-4-7-21(9-10-22)17(23)14-5-3-6-15(18)11-14/h3,5-6,11-12H,4,7-10H2,1-2H3. The van der Waals surface area contributed by atoms with Crippen molar-refractivity contribution in [3.05, 3.63) is 46.3 Å². The normalized spacial score (nSPS) is 16.5. The number of benzene rings is 1. The number of rotatable bonds is 3. The molecule has 1 aromatic heterocycles. The van der Waals surface area contributed by atoms with Crippen LogP contribution in [0.25, 0.3) is 0 Å². The Hall–Kier alpha value is -1.71. The molecule has 9 heteroatoms. The van der Waals surface area contributed by atoms with Crippen LogP contribution in [-0.4, -0.2) is 59.3 Å². The lowest BCUT2D eigenvalue weighted by atomic mass is 10.2. The molecular weight excluding hydrogens is 420 g/mol. The lowest BCUT2D eigenvalue weighted by Crippen LogP contribution is -2.37. The van der Waals surface area contributed by atoms with Gasteiger partial charge in [-0.25, -0.2) is 13.4 Å². The van der Waals surface area contributed by atoms with Gasteiger partial charge in [0.05, 0.1) is 0 Å². The van der Waals surface area contributed by atoms with Crippen molar-refractivity contribution < 1.29 is 13.2 Å². The van der Waals surface area contributed by atoms with Crippen molar-refractivity contribution in [2.75, 3.05) is 26.2 Å². The Kier molecular flexibility index (Phi) is 5.50. The van der Waals surface area contributed by atoms with Gasteiger partial charge in [-0.2, -0.15) is 4.31 Å². The minimum absolute atomic E-state index is 0.0595. The third-order valence-electron chi connectivity index (χ3n) is 4.50. The molecular formula is C17H21BrN4O3S. The van der Waals surface area contributed by atoms with Crippen molar-refractivity contribution in [3.63, 3.8) is 0 Å². The van der Waals surface area contributed by atoms with E-state index in [-0.39, 0.29) is 17.5 Å². The number of carbonyl (C=O) groups is 1. The molecule has 0 bridgehead atoms. The number of nitrogens with zero attached hydrogens (tertiary/aromatic N) is 4. The number of aryl methyl sites for hydroxylation is 2. The summed E-state index contributed by atoms with van der Waals surface area (Å²) in [6.07, 6.45) is 2.12. The second-order valence-electron chi connectivity index (χ2n) is 6.30. The van der Waals surface area contributed by atoms with Gasteiger partial charge in [0.15, 0.2) is 5.03 Å². The van der Waals surface area contributed by atoms with Gasteiger partial charge in [0.2, 0.25) is 0 Å². The number of hydrogen-bond donors (Lipinski definition) is 0. The average molecular weight is 441 g/mol. The predicted octanol–water partition coefficient (Wildman–Crippen LogP) is 2.03. The molecule has 140 valence electrons. The number of aromatic nitrogens is 2. The van der Waals surface area contributed by atoms with Gasteiger partial charge in [0, 0.05) is 49.5 Å². The van der Waals surface area contributed by atoms with E-state index in [1.807, 2.05) is 12.1 Å². The lowest BCUT2D eigenvalue weighted by Gasteiger charge is -2.21. The molecule has 26 heavy (non-hydrogen) atoms. The second-order valence-corrected chi connectivity index (χ2v) is 9.10. The summed E-state index contributed by atoms with van der Waals surface area (Å²) in [5.74, 6) is 0.559. The number of halogens is 1. The molecule has 1 aromatic carbocycles. The summed E-state index contributed by atoms with van der Waals surface area (Å²) in [4.78, 5) is 18.6. The van der Waals surface area contributed by atoms with E-state index in [9.17, 15) is 13.2 Å². The minimum atomic E-state index is -3.65. The van der Waals surface area contributed by atoms with Crippen LogP contribution in [0, 0.1) is 6.92 Å². The monoisotopic (exact) mass is 440 g/mol. The minimum Gasteiger partial charge on any atom is -0.337 e. The first-order valence-electron chi connectivity index (χ1n) is 8.34. The van der Waals surface area contributed by atoms with Crippen molar-refractivity contribution in [1.82, 2.24) is 18.8 Å². The van der Waals surface area contributed by atoms with E-state index in [1.54, 1.807) is 35.6 Å². The van der Waals surface area contributed by atoms with E-state index in [1.165, 1.54) is 10.5 Å². The maximum atomic E-state index is 12.8. The highest BCUT2D eigenvalue weighted by Gasteiger charge is 2.30. The van der Waals surface area contributed by atoms with Crippen LogP contribution in [0.3, 0.4) is 0 Å². The molecule has 0 unspecified atom stereocenters. The van der Waals surface area contributed by atoms with Crippen molar-refractivity contribution in [2.24, 2.45) is 7.05 Å². The van der Waals surface area contributed by atoms with Gasteiger partial charge in [-0.15, -0.1) is 0 Å². The SMILES string of the molecule is Cc1nc(S(=O)(=O)N2CCCN(C(=O)c3cccc(Br)c3)CC2)cn1C. The first-order chi connectivity index (χ1) is 12.3. The summed E-state index contributed by atoms with van der Waals surface area (Å²) in [5.41, 5.74) is 0.594. The van der Waals surface area contributed by atoms with Crippen LogP contribution >= 0.6 is 15.9 Å². The average Bonchev–Trinajstić information content (AvgIpc) is 2.82. The van der Waals surface area contributed by atoms with Crippen molar-refractivity contribution >= 4 is 31.9 Å². The molecule has 1 fully saturated rings. The number of imidazole rings is 1. The third-order valence-corrected chi connectivity index (χ3v) is 6.77. The highest BCUT2D eigenvalue weighted by Crippen LogP contribution is 2.19. The molecule has 7 nitrogen and oxygen atoms in total. The van der Waals surface area contributed by atoms with Crippen molar-refractivity contribution in [2.45, 2.75) is 18.4 Å². The molecule has 3 rings (SSSR count). The Morgan fingerprint density at radius 2 is 1.96 bits per heavy atom. The highest BCUT2D eigenvalue weighted by atomic mass is 79.9. The Bertz CT molecular complexity index is 906. The smallest absolute Gasteiger partial charge is 0.262 e. The van der Waals surface area contributed by atoms with E-state index >= 15 is 0 Å². The van der Waals surface area contributed by atoms with Gasteiger partial charge < -0.3 is 9.47 Å². The molecule has 0 atom stereocenters. The van der Waals surface area contributed by atoms with Crippen LogP contribution in [0.4, 0.5) is 0 Å². The first-order valence-corrected chi connectivity index (χ1v) is 10.6. The topological polar surface area (TPSA) is 75.5 Å². The van der Waals surface area contributed by atoms with Gasteiger partial charge in [-0.1, -0.05) is 22.0 Å². The van der Waals surface area contributed by atoms with Gasteiger partial charge in [0.1, 0.15) is 5.82 Å². The molecule has 1 amide bonds. The van der Waals surface area contributed by atoms with Crippen LogP contribution in [0.1, 0.15) is 22.6 Å². The zero-order chi connectivity index (χ0) is 18.9. The fourth-order valence-corrected chi connectivity index (χ4v) is 4.82. The largest absolute Gasteiger partial charge is 0.337 e. The third kappa shape index (κ3) is 3.84. The Labute approximate surface area is 161 Å². The van der Waals surface area contributed by atoms with Crippen LogP contribution < -0.4 is 0 Å². The van der Waals surface area contributed by atoms with E-state index < -0.39 is 10.0 Å². The molecule has 0 aliphatic carbocycles. The maximum Gasteiger partial charge on any atom is 0.262 e. The first kappa shape index (κ1) is 19.1. The number of hydrogen-bond acceptors (Lipinski definition) is 4. The molecule has 2 heterocycles. The molecule has 1 aliphatic rings. The lowest BCUT2D eigenvalue weighted by molar-refractivity contribution is 0.0764. The van der Waals surface area contributed by atoms with Crippen LogP contribution in [0.2, 0.25) is 0 Å². The second kappa shape index (κ2) is 7.50. The fraction of sp³-hybridized carbons (Fsp3) is 0.412. The molecule has 0 spiro atoms. The van der Waals surface area contributed by atoms with Crippen LogP contribution in [-0.2, 0) is 17.1 Å². The Balaban J connectivity index is 1.74. The molecule has 1 saturated heterocycles. The van der Waals surface area contributed by atoms with E-state index in [0.29, 0.717) is 37.4 Å². The molecule has 0 saturated carbocycles. The van der Waals surface area contributed by atoms with Gasteiger partial charge in [-0.05, 0) is 31.5 Å². The Morgan fingerprint density at radius 1 is 1.19 bits per heavy atom. The number of sulfonamides is 1. The highest BCUT2D eigenvalue weighted by molar-refractivity contribution is 9.10.